The van der Waals surface area contributed by atoms with Gasteiger partial charge in [-0.15, -0.1) is 0 Å². The quantitative estimate of drug-likeness (QED) is 0.427. The standard InChI is InChI=1S/C28H30N2O4/c1-21-9-13-24(14-10-21)33-18-6-5-17-30-25-19-23(12-15-26(25)34-20-28(30)32)29-27(31)16-11-22-7-3-2-4-8-22/h2-4,7-10,12-15,19H,5-6,11,16-18,20H2,1H3,(H,29,31). The molecule has 0 aromatic heterocycles. The molecule has 6 heteroatoms. The molecule has 0 spiro atoms. The van der Waals surface area contributed by atoms with Crippen LogP contribution < -0.4 is 19.7 Å². The van der Waals surface area contributed by atoms with Crippen LogP contribution in [0.4, 0.5) is 11.4 Å². The van der Waals surface area contributed by atoms with E-state index in [2.05, 4.69) is 5.32 Å². The molecule has 4 rings (SSSR count). The number of unbranched alkanes of at least 4 members (excludes halogenated alkanes) is 1. The Labute approximate surface area is 200 Å². The molecule has 2 amide bonds. The summed E-state index contributed by atoms with van der Waals surface area (Å²) in [5, 5.41) is 2.94. The molecule has 0 radical (unpaired) electrons. The van der Waals surface area contributed by atoms with Gasteiger partial charge in [0.1, 0.15) is 11.5 Å². The highest BCUT2D eigenvalue weighted by Crippen LogP contribution is 2.35. The maximum Gasteiger partial charge on any atom is 0.265 e. The van der Waals surface area contributed by atoms with Gasteiger partial charge in [-0.3, -0.25) is 9.59 Å². The van der Waals surface area contributed by atoms with Crippen LogP contribution in [0.5, 0.6) is 11.5 Å². The fraction of sp³-hybridized carbons (Fsp3) is 0.286. The highest BCUT2D eigenvalue weighted by Gasteiger charge is 2.25. The van der Waals surface area contributed by atoms with E-state index in [0.29, 0.717) is 43.1 Å². The Balaban J connectivity index is 1.30. The van der Waals surface area contributed by atoms with Gasteiger partial charge < -0.3 is 19.7 Å². The van der Waals surface area contributed by atoms with Crippen molar-refractivity contribution in [2.75, 3.05) is 30.0 Å². The molecular weight excluding hydrogens is 428 g/mol. The van der Waals surface area contributed by atoms with E-state index in [-0.39, 0.29) is 18.4 Å². The van der Waals surface area contributed by atoms with Crippen molar-refractivity contribution in [3.63, 3.8) is 0 Å². The van der Waals surface area contributed by atoms with Crippen molar-refractivity contribution in [2.45, 2.75) is 32.6 Å². The molecule has 0 unspecified atom stereocenters. The van der Waals surface area contributed by atoms with Gasteiger partial charge in [0, 0.05) is 18.7 Å². The molecule has 0 fully saturated rings. The van der Waals surface area contributed by atoms with Crippen LogP contribution in [0.1, 0.15) is 30.4 Å². The van der Waals surface area contributed by atoms with Gasteiger partial charge >= 0.3 is 0 Å². The van der Waals surface area contributed by atoms with E-state index in [0.717, 1.165) is 24.2 Å². The van der Waals surface area contributed by atoms with Crippen molar-refractivity contribution < 1.29 is 19.1 Å². The van der Waals surface area contributed by atoms with Crippen LogP contribution in [0.3, 0.4) is 0 Å². The van der Waals surface area contributed by atoms with Crippen molar-refractivity contribution in [1.82, 2.24) is 0 Å². The molecule has 176 valence electrons. The molecule has 1 aliphatic rings. The fourth-order valence-electron chi connectivity index (χ4n) is 3.85. The van der Waals surface area contributed by atoms with Crippen LogP contribution in [-0.4, -0.2) is 31.6 Å². The zero-order valence-corrected chi connectivity index (χ0v) is 19.5. The number of carbonyl (C=O) groups excluding carboxylic acids is 2. The highest BCUT2D eigenvalue weighted by atomic mass is 16.5. The van der Waals surface area contributed by atoms with Crippen LogP contribution in [0.25, 0.3) is 0 Å². The highest BCUT2D eigenvalue weighted by molar-refractivity contribution is 5.99. The largest absolute Gasteiger partial charge is 0.494 e. The molecule has 34 heavy (non-hydrogen) atoms. The van der Waals surface area contributed by atoms with Crippen LogP contribution in [0.2, 0.25) is 0 Å². The Morgan fingerprint density at radius 3 is 2.62 bits per heavy atom. The summed E-state index contributed by atoms with van der Waals surface area (Å²) in [6.07, 6.45) is 2.69. The number of anilines is 2. The summed E-state index contributed by atoms with van der Waals surface area (Å²) < 4.78 is 11.4. The third-order valence-electron chi connectivity index (χ3n) is 5.74. The zero-order valence-electron chi connectivity index (χ0n) is 19.5. The number of rotatable bonds is 10. The number of fused-ring (bicyclic) bond motifs is 1. The molecular formula is C28H30N2O4. The Hall–Kier alpha value is -3.80. The number of nitrogens with zero attached hydrogens (tertiary/aromatic N) is 1. The molecule has 1 N–H and O–H groups in total. The summed E-state index contributed by atoms with van der Waals surface area (Å²) in [4.78, 5) is 26.7. The van der Waals surface area contributed by atoms with E-state index in [1.54, 1.807) is 4.90 Å². The molecule has 3 aromatic rings. The van der Waals surface area contributed by atoms with Gasteiger partial charge in [0.25, 0.3) is 5.91 Å². The van der Waals surface area contributed by atoms with Crippen LogP contribution >= 0.6 is 0 Å². The summed E-state index contributed by atoms with van der Waals surface area (Å²) in [6.45, 7) is 3.22. The first-order valence-corrected chi connectivity index (χ1v) is 11.7. The summed E-state index contributed by atoms with van der Waals surface area (Å²) in [5.74, 6) is 1.36. The fourth-order valence-corrected chi connectivity index (χ4v) is 3.85. The molecule has 0 saturated carbocycles. The average molecular weight is 459 g/mol. The van der Waals surface area contributed by atoms with E-state index in [9.17, 15) is 9.59 Å². The first kappa shape index (κ1) is 23.4. The first-order valence-electron chi connectivity index (χ1n) is 11.7. The van der Waals surface area contributed by atoms with Crippen molar-refractivity contribution in [1.29, 1.82) is 0 Å². The third kappa shape index (κ3) is 6.38. The van der Waals surface area contributed by atoms with Gasteiger partial charge in [0.2, 0.25) is 5.91 Å². The minimum atomic E-state index is -0.0838. The Morgan fingerprint density at radius 2 is 1.82 bits per heavy atom. The molecule has 6 nitrogen and oxygen atoms in total. The van der Waals surface area contributed by atoms with E-state index in [1.165, 1.54) is 5.56 Å². The summed E-state index contributed by atoms with van der Waals surface area (Å²) >= 11 is 0. The molecule has 3 aromatic carbocycles. The Morgan fingerprint density at radius 1 is 1.03 bits per heavy atom. The van der Waals surface area contributed by atoms with Crippen LogP contribution in [0, 0.1) is 6.92 Å². The van der Waals surface area contributed by atoms with Gasteiger partial charge in [0.05, 0.1) is 12.3 Å². The summed E-state index contributed by atoms with van der Waals surface area (Å²) in [7, 11) is 0. The average Bonchev–Trinajstić information content (AvgIpc) is 2.85. The summed E-state index contributed by atoms with van der Waals surface area (Å²) in [5.41, 5.74) is 3.67. The molecule has 0 saturated heterocycles. The lowest BCUT2D eigenvalue weighted by molar-refractivity contribution is -0.121. The number of hydrogen-bond acceptors (Lipinski definition) is 4. The number of benzene rings is 3. The number of ether oxygens (including phenoxy) is 2. The third-order valence-corrected chi connectivity index (χ3v) is 5.74. The van der Waals surface area contributed by atoms with Gasteiger partial charge in [0.15, 0.2) is 6.61 Å². The van der Waals surface area contributed by atoms with Crippen LogP contribution in [0.15, 0.2) is 72.8 Å². The van der Waals surface area contributed by atoms with E-state index < -0.39 is 0 Å². The Bertz CT molecular complexity index is 1110. The van der Waals surface area contributed by atoms with E-state index >= 15 is 0 Å². The second-order valence-electron chi connectivity index (χ2n) is 8.42. The van der Waals surface area contributed by atoms with Gasteiger partial charge in [-0.2, -0.15) is 0 Å². The topological polar surface area (TPSA) is 67.9 Å². The van der Waals surface area contributed by atoms with Crippen LogP contribution in [-0.2, 0) is 16.0 Å². The predicted octanol–water partition coefficient (Wildman–Crippen LogP) is 5.15. The number of nitrogens with one attached hydrogen (secondary N) is 1. The zero-order chi connectivity index (χ0) is 23.8. The number of hydrogen-bond donors (Lipinski definition) is 1. The molecule has 1 heterocycles. The van der Waals surface area contributed by atoms with Crippen molar-refractivity contribution >= 4 is 23.2 Å². The molecule has 1 aliphatic heterocycles. The normalized spacial score (nSPS) is 12.6. The van der Waals surface area contributed by atoms with Gasteiger partial charge in [-0.1, -0.05) is 48.0 Å². The van der Waals surface area contributed by atoms with Crippen molar-refractivity contribution in [3.8, 4) is 11.5 Å². The number of carbonyl (C=O) groups is 2. The van der Waals surface area contributed by atoms with E-state index in [4.69, 9.17) is 9.47 Å². The number of aryl methyl sites for hydroxylation is 2. The maximum absolute atomic E-state index is 12.5. The van der Waals surface area contributed by atoms with Gasteiger partial charge in [-0.25, -0.2) is 0 Å². The van der Waals surface area contributed by atoms with Gasteiger partial charge in [-0.05, 0) is 62.1 Å². The second-order valence-corrected chi connectivity index (χ2v) is 8.42. The minimum Gasteiger partial charge on any atom is -0.494 e. The lowest BCUT2D eigenvalue weighted by atomic mass is 10.1. The monoisotopic (exact) mass is 458 g/mol. The first-order chi connectivity index (χ1) is 16.6. The Kier molecular flexibility index (Phi) is 7.81. The molecule has 0 bridgehead atoms. The molecule has 0 atom stereocenters. The van der Waals surface area contributed by atoms with E-state index in [1.807, 2.05) is 79.7 Å². The second kappa shape index (κ2) is 11.4. The van der Waals surface area contributed by atoms with Crippen molar-refractivity contribution in [3.05, 3.63) is 83.9 Å². The maximum atomic E-state index is 12.5. The summed E-state index contributed by atoms with van der Waals surface area (Å²) in [6, 6.07) is 23.3. The SMILES string of the molecule is Cc1ccc(OCCCCN2C(=O)COc3ccc(NC(=O)CCc4ccccc4)cc32)cc1. The predicted molar refractivity (Wildman–Crippen MR) is 134 cm³/mol. The lowest BCUT2D eigenvalue weighted by Crippen LogP contribution is -2.39. The smallest absolute Gasteiger partial charge is 0.265 e. The van der Waals surface area contributed by atoms with Crippen molar-refractivity contribution in [2.24, 2.45) is 0 Å². The lowest BCUT2D eigenvalue weighted by Gasteiger charge is -2.30. The molecule has 0 aliphatic carbocycles. The number of amides is 2. The minimum absolute atomic E-state index is 0.0235.